The van der Waals surface area contributed by atoms with E-state index in [0.29, 0.717) is 5.82 Å². The van der Waals surface area contributed by atoms with Crippen LogP contribution in [0.4, 0.5) is 5.82 Å². The van der Waals surface area contributed by atoms with Crippen molar-refractivity contribution in [1.29, 1.82) is 0 Å². The van der Waals surface area contributed by atoms with Gasteiger partial charge in [0, 0.05) is 31.2 Å². The largest absolute Gasteiger partial charge is 0.384 e. The van der Waals surface area contributed by atoms with Gasteiger partial charge in [0.15, 0.2) is 0 Å². The normalized spacial score (nSPS) is 16.5. The van der Waals surface area contributed by atoms with E-state index in [4.69, 9.17) is 10.5 Å². The molecule has 0 bridgehead atoms. The molecule has 100 valence electrons. The minimum absolute atomic E-state index is 0.227. The van der Waals surface area contributed by atoms with Crippen molar-refractivity contribution in [2.24, 2.45) is 7.05 Å². The van der Waals surface area contributed by atoms with Crippen molar-refractivity contribution >= 4 is 5.82 Å². The molecule has 2 aromatic rings. The number of nitrogens with two attached hydrogens (primary N) is 1. The lowest BCUT2D eigenvalue weighted by Gasteiger charge is -2.15. The van der Waals surface area contributed by atoms with E-state index in [9.17, 15) is 0 Å². The number of ether oxygens (including phenoxy) is 1. The van der Waals surface area contributed by atoms with Crippen LogP contribution in [0.15, 0.2) is 30.3 Å². The molecule has 0 amide bonds. The van der Waals surface area contributed by atoms with E-state index in [1.807, 2.05) is 13.1 Å². The Hall–Kier alpha value is -1.81. The van der Waals surface area contributed by atoms with E-state index < -0.39 is 0 Å². The Bertz CT molecular complexity index is 580. The molecular formula is C15H19N3O. The van der Waals surface area contributed by atoms with Crippen LogP contribution in [0.2, 0.25) is 0 Å². The topological polar surface area (TPSA) is 53.1 Å². The van der Waals surface area contributed by atoms with Gasteiger partial charge in [-0.25, -0.2) is 0 Å². The molecule has 19 heavy (non-hydrogen) atoms. The molecule has 3 rings (SSSR count). The Morgan fingerprint density at radius 1 is 1.37 bits per heavy atom. The standard InChI is InChI=1S/C15H19N3O/c1-18-14(16)9-13(17-18)11-4-3-5-12(8-11)15(6-7-15)10-19-2/h3-5,8-9H,6-7,10,16H2,1-2H3. The van der Waals surface area contributed by atoms with Gasteiger partial charge >= 0.3 is 0 Å². The predicted octanol–water partition coefficient (Wildman–Crippen LogP) is 2.35. The molecule has 0 atom stereocenters. The van der Waals surface area contributed by atoms with Gasteiger partial charge in [-0.05, 0) is 24.5 Å². The average Bonchev–Trinajstić information content (AvgIpc) is 3.12. The molecule has 0 radical (unpaired) electrons. The number of aromatic nitrogens is 2. The summed E-state index contributed by atoms with van der Waals surface area (Å²) in [5, 5.41) is 4.43. The van der Waals surface area contributed by atoms with E-state index in [-0.39, 0.29) is 5.41 Å². The minimum atomic E-state index is 0.227. The maximum atomic E-state index is 5.84. The number of rotatable bonds is 4. The number of nitrogen functional groups attached to an aromatic ring is 1. The Balaban J connectivity index is 1.96. The van der Waals surface area contributed by atoms with Gasteiger partial charge in [0.25, 0.3) is 0 Å². The van der Waals surface area contributed by atoms with E-state index in [1.54, 1.807) is 11.8 Å². The van der Waals surface area contributed by atoms with Gasteiger partial charge < -0.3 is 10.5 Å². The molecule has 2 N–H and O–H groups in total. The predicted molar refractivity (Wildman–Crippen MR) is 75.8 cm³/mol. The van der Waals surface area contributed by atoms with Crippen molar-refractivity contribution in [1.82, 2.24) is 9.78 Å². The molecular weight excluding hydrogens is 238 g/mol. The molecule has 4 nitrogen and oxygen atoms in total. The van der Waals surface area contributed by atoms with Crippen LogP contribution < -0.4 is 5.73 Å². The molecule has 1 aromatic heterocycles. The lowest BCUT2D eigenvalue weighted by Crippen LogP contribution is -2.13. The molecule has 1 aromatic carbocycles. The molecule has 0 spiro atoms. The summed E-state index contributed by atoms with van der Waals surface area (Å²) in [5.41, 5.74) is 9.46. The molecule has 1 fully saturated rings. The summed E-state index contributed by atoms with van der Waals surface area (Å²) in [6.45, 7) is 0.792. The third-order valence-electron chi connectivity index (χ3n) is 3.96. The molecule has 0 unspecified atom stereocenters. The smallest absolute Gasteiger partial charge is 0.121 e. The van der Waals surface area contributed by atoms with E-state index in [1.165, 1.54) is 18.4 Å². The lowest BCUT2D eigenvalue weighted by molar-refractivity contribution is 0.171. The van der Waals surface area contributed by atoms with Gasteiger partial charge in [0.2, 0.25) is 0 Å². The van der Waals surface area contributed by atoms with Gasteiger partial charge in [0.05, 0.1) is 12.3 Å². The van der Waals surface area contributed by atoms with Gasteiger partial charge in [0.1, 0.15) is 5.82 Å². The van der Waals surface area contributed by atoms with Crippen LogP contribution in [0.5, 0.6) is 0 Å². The number of hydrogen-bond acceptors (Lipinski definition) is 3. The second kappa shape index (κ2) is 4.38. The first-order chi connectivity index (χ1) is 9.14. The highest BCUT2D eigenvalue weighted by Crippen LogP contribution is 2.48. The lowest BCUT2D eigenvalue weighted by atomic mass is 9.94. The first-order valence-corrected chi connectivity index (χ1v) is 6.54. The molecule has 4 heteroatoms. The van der Waals surface area contributed by atoms with Gasteiger partial charge in [-0.1, -0.05) is 18.2 Å². The summed E-state index contributed by atoms with van der Waals surface area (Å²) in [5.74, 6) is 0.679. The molecule has 1 heterocycles. The highest BCUT2D eigenvalue weighted by molar-refractivity contribution is 5.63. The quantitative estimate of drug-likeness (QED) is 0.914. The van der Waals surface area contributed by atoms with Gasteiger partial charge in [-0.15, -0.1) is 0 Å². The first-order valence-electron chi connectivity index (χ1n) is 6.54. The summed E-state index contributed by atoms with van der Waals surface area (Å²) in [6.07, 6.45) is 2.41. The summed E-state index contributed by atoms with van der Waals surface area (Å²) >= 11 is 0. The van der Waals surface area contributed by atoms with Crippen molar-refractivity contribution in [3.63, 3.8) is 0 Å². The zero-order valence-electron chi connectivity index (χ0n) is 11.4. The zero-order chi connectivity index (χ0) is 13.5. The van der Waals surface area contributed by atoms with Crippen LogP contribution in [0, 0.1) is 0 Å². The van der Waals surface area contributed by atoms with Crippen LogP contribution in [0.1, 0.15) is 18.4 Å². The summed E-state index contributed by atoms with van der Waals surface area (Å²) in [4.78, 5) is 0. The highest BCUT2D eigenvalue weighted by Gasteiger charge is 2.44. The zero-order valence-corrected chi connectivity index (χ0v) is 11.4. The van der Waals surface area contributed by atoms with Crippen LogP contribution in [-0.2, 0) is 17.2 Å². The SMILES string of the molecule is COCC1(c2cccc(-c3cc(N)n(C)n3)c2)CC1. The van der Waals surface area contributed by atoms with Crippen molar-refractivity contribution in [3.05, 3.63) is 35.9 Å². The second-order valence-electron chi connectivity index (χ2n) is 5.37. The second-order valence-corrected chi connectivity index (χ2v) is 5.37. The van der Waals surface area contributed by atoms with E-state index in [2.05, 4.69) is 29.4 Å². The molecule has 1 aliphatic rings. The van der Waals surface area contributed by atoms with Gasteiger partial charge in [-0.3, -0.25) is 4.68 Å². The van der Waals surface area contributed by atoms with Crippen LogP contribution >= 0.6 is 0 Å². The van der Waals surface area contributed by atoms with Crippen LogP contribution in [0.25, 0.3) is 11.3 Å². The maximum absolute atomic E-state index is 5.84. The maximum Gasteiger partial charge on any atom is 0.121 e. The monoisotopic (exact) mass is 257 g/mol. The fourth-order valence-corrected chi connectivity index (χ4v) is 2.57. The number of anilines is 1. The first kappa shape index (κ1) is 12.2. The van der Waals surface area contributed by atoms with Crippen LogP contribution in [0.3, 0.4) is 0 Å². The van der Waals surface area contributed by atoms with Crippen LogP contribution in [-0.4, -0.2) is 23.5 Å². The molecule has 1 saturated carbocycles. The van der Waals surface area contributed by atoms with Crippen molar-refractivity contribution in [2.45, 2.75) is 18.3 Å². The number of aryl methyl sites for hydroxylation is 1. The van der Waals surface area contributed by atoms with Crippen molar-refractivity contribution < 1.29 is 4.74 Å². The third kappa shape index (κ3) is 2.12. The Morgan fingerprint density at radius 3 is 2.74 bits per heavy atom. The fraction of sp³-hybridized carbons (Fsp3) is 0.400. The molecule has 0 saturated heterocycles. The number of methoxy groups -OCH3 is 1. The fourth-order valence-electron chi connectivity index (χ4n) is 2.57. The van der Waals surface area contributed by atoms with E-state index in [0.717, 1.165) is 17.9 Å². The number of hydrogen-bond donors (Lipinski definition) is 1. The summed E-state index contributed by atoms with van der Waals surface area (Å²) < 4.78 is 7.05. The Kier molecular flexibility index (Phi) is 2.82. The van der Waals surface area contributed by atoms with Gasteiger partial charge in [-0.2, -0.15) is 5.10 Å². The summed E-state index contributed by atoms with van der Waals surface area (Å²) in [6, 6.07) is 10.5. The minimum Gasteiger partial charge on any atom is -0.384 e. The van der Waals surface area contributed by atoms with Crippen molar-refractivity contribution in [2.75, 3.05) is 19.5 Å². The number of benzene rings is 1. The summed E-state index contributed by atoms with van der Waals surface area (Å²) in [7, 11) is 3.62. The molecule has 1 aliphatic carbocycles. The highest BCUT2D eigenvalue weighted by atomic mass is 16.5. The van der Waals surface area contributed by atoms with E-state index >= 15 is 0 Å². The molecule has 0 aliphatic heterocycles. The third-order valence-corrected chi connectivity index (χ3v) is 3.96. The Labute approximate surface area is 113 Å². The Morgan fingerprint density at radius 2 is 2.16 bits per heavy atom. The average molecular weight is 257 g/mol. The number of nitrogens with zero attached hydrogens (tertiary/aromatic N) is 2. The van der Waals surface area contributed by atoms with Crippen molar-refractivity contribution in [3.8, 4) is 11.3 Å².